The number of amidine groups is 1. The van der Waals surface area contributed by atoms with Crippen molar-refractivity contribution in [1.82, 2.24) is 15.2 Å². The third-order valence-corrected chi connectivity index (χ3v) is 6.35. The Kier molecular flexibility index (Phi) is 5.91. The number of aliphatic imine (C=N–C) groups is 1. The van der Waals surface area contributed by atoms with Crippen LogP contribution in [-0.4, -0.2) is 51.9 Å². The van der Waals surface area contributed by atoms with E-state index in [1.165, 1.54) is 17.0 Å². The number of carbonyl (C=O) groups excluding carboxylic acids is 2. The molecule has 1 saturated heterocycles. The second kappa shape index (κ2) is 8.33. The number of hydrogen-bond donors (Lipinski definition) is 1. The van der Waals surface area contributed by atoms with Gasteiger partial charge in [-0.05, 0) is 57.9 Å². The van der Waals surface area contributed by atoms with Crippen LogP contribution in [0.15, 0.2) is 29.3 Å². The molecule has 0 bridgehead atoms. The molecule has 12 heteroatoms. The highest BCUT2D eigenvalue weighted by Gasteiger charge is 2.47. The molecule has 2 aliphatic heterocycles. The topological polar surface area (TPSA) is 83.9 Å². The van der Waals surface area contributed by atoms with Gasteiger partial charge in [0.1, 0.15) is 22.7 Å². The lowest BCUT2D eigenvalue weighted by molar-refractivity contribution is -0.141. The molecule has 182 valence electrons. The Labute approximate surface area is 196 Å². The van der Waals surface area contributed by atoms with Crippen LogP contribution in [-0.2, 0) is 15.7 Å². The number of alkyl halides is 3. The third-order valence-electron chi connectivity index (χ3n) is 5.47. The highest BCUT2D eigenvalue weighted by molar-refractivity contribution is 7.13. The fraction of sp³-hybridized carbons (Fsp3) is 0.455. The molecule has 4 heterocycles. The predicted octanol–water partition coefficient (Wildman–Crippen LogP) is 4.61. The molecule has 1 N–H and O–H groups in total. The Balaban J connectivity index is 1.64. The van der Waals surface area contributed by atoms with Crippen molar-refractivity contribution < 1.29 is 31.9 Å². The van der Waals surface area contributed by atoms with E-state index in [4.69, 9.17) is 4.74 Å². The molecule has 0 aromatic carbocycles. The largest absolute Gasteiger partial charge is 0.444 e. The molecule has 2 aromatic heterocycles. The Bertz CT molecular complexity index is 1160. The molecule has 1 fully saturated rings. The van der Waals surface area contributed by atoms with Crippen molar-refractivity contribution in [3.05, 3.63) is 40.7 Å². The van der Waals surface area contributed by atoms with Crippen LogP contribution in [0.4, 0.5) is 22.4 Å². The van der Waals surface area contributed by atoms with Crippen molar-refractivity contribution in [3.8, 4) is 10.6 Å². The molecule has 2 aromatic rings. The molecular weight excluding hydrogens is 476 g/mol. The number of nitrogens with one attached hydrogen (secondary N) is 1. The molecule has 1 spiro atoms. The summed E-state index contributed by atoms with van der Waals surface area (Å²) in [7, 11) is 0. The predicted molar refractivity (Wildman–Crippen MR) is 117 cm³/mol. The maximum Gasteiger partial charge on any atom is 0.433 e. The number of halogens is 4. The molecule has 0 saturated carbocycles. The van der Waals surface area contributed by atoms with Crippen molar-refractivity contribution in [2.24, 2.45) is 4.99 Å². The standard InChI is InChI=1S/C22H22F4N4O3S/c1-20(2,3)33-19(32)30-10-8-21(9-11-30)18(31)28-17(29-21)12-4-6-14(22(24,25)26)27-16(12)13-5-7-15(23)34-13/h4-7H,8-11H2,1-3H3,(H,28,29,31). The first-order valence-electron chi connectivity index (χ1n) is 10.5. The Morgan fingerprint density at radius 3 is 2.38 bits per heavy atom. The maximum atomic E-state index is 13.6. The fourth-order valence-corrected chi connectivity index (χ4v) is 4.54. The minimum absolute atomic E-state index is 0.0701. The summed E-state index contributed by atoms with van der Waals surface area (Å²) in [5, 5.41) is 2.07. The number of amides is 2. The zero-order valence-corrected chi connectivity index (χ0v) is 19.4. The van der Waals surface area contributed by atoms with Crippen molar-refractivity contribution >= 4 is 29.2 Å². The number of likely N-dealkylation sites (tertiary alicyclic amines) is 1. The first-order chi connectivity index (χ1) is 15.8. The van der Waals surface area contributed by atoms with Gasteiger partial charge < -0.3 is 15.0 Å². The third kappa shape index (κ3) is 4.77. The SMILES string of the molecule is CC(C)(C)OC(=O)N1CCC2(CC1)N=C(c1ccc(C(F)(F)F)nc1-c1ccc(F)s1)NC2=O. The molecular formula is C22H22F4N4O3S. The zero-order valence-electron chi connectivity index (χ0n) is 18.6. The molecule has 0 unspecified atom stereocenters. The Morgan fingerprint density at radius 2 is 1.82 bits per heavy atom. The number of pyridine rings is 1. The number of rotatable bonds is 2. The number of thiophene rings is 1. The highest BCUT2D eigenvalue weighted by Crippen LogP contribution is 2.36. The van der Waals surface area contributed by atoms with E-state index in [0.29, 0.717) is 11.3 Å². The Hall–Kier alpha value is -3.02. The molecule has 2 amide bonds. The van der Waals surface area contributed by atoms with Crippen LogP contribution in [0.3, 0.4) is 0 Å². The van der Waals surface area contributed by atoms with Gasteiger partial charge in [0.15, 0.2) is 5.13 Å². The van der Waals surface area contributed by atoms with Crippen LogP contribution in [0.2, 0.25) is 0 Å². The summed E-state index contributed by atoms with van der Waals surface area (Å²) >= 11 is 0.647. The van der Waals surface area contributed by atoms with Gasteiger partial charge in [0.05, 0.1) is 10.6 Å². The number of piperidine rings is 1. The normalized spacial score (nSPS) is 18.1. The minimum atomic E-state index is -4.69. The van der Waals surface area contributed by atoms with Crippen LogP contribution >= 0.6 is 11.3 Å². The number of carbonyl (C=O) groups is 2. The van der Waals surface area contributed by atoms with E-state index in [-0.39, 0.29) is 47.9 Å². The smallest absolute Gasteiger partial charge is 0.433 e. The quantitative estimate of drug-likeness (QED) is 0.613. The molecule has 4 rings (SSSR count). The summed E-state index contributed by atoms with van der Waals surface area (Å²) in [6.45, 7) is 5.73. The van der Waals surface area contributed by atoms with Crippen molar-refractivity contribution in [2.45, 2.75) is 50.9 Å². The molecule has 0 aliphatic carbocycles. The molecule has 0 radical (unpaired) electrons. The summed E-state index contributed by atoms with van der Waals surface area (Å²) in [6, 6.07) is 4.44. The van der Waals surface area contributed by atoms with Gasteiger partial charge in [-0.1, -0.05) is 0 Å². The zero-order chi connectivity index (χ0) is 24.9. The van der Waals surface area contributed by atoms with Crippen molar-refractivity contribution in [3.63, 3.8) is 0 Å². The first-order valence-corrected chi connectivity index (χ1v) is 11.3. The minimum Gasteiger partial charge on any atom is -0.444 e. The number of hydrogen-bond acceptors (Lipinski definition) is 6. The van der Waals surface area contributed by atoms with E-state index in [2.05, 4.69) is 15.3 Å². The number of aromatic nitrogens is 1. The maximum absolute atomic E-state index is 13.6. The summed E-state index contributed by atoms with van der Waals surface area (Å²) in [6.07, 6.45) is -4.74. The van der Waals surface area contributed by atoms with E-state index >= 15 is 0 Å². The average Bonchev–Trinajstić information content (AvgIpc) is 3.30. The molecule has 7 nitrogen and oxygen atoms in total. The van der Waals surface area contributed by atoms with Crippen LogP contribution in [0, 0.1) is 5.13 Å². The van der Waals surface area contributed by atoms with Gasteiger partial charge in [-0.25, -0.2) is 9.78 Å². The van der Waals surface area contributed by atoms with Crippen LogP contribution < -0.4 is 5.32 Å². The van der Waals surface area contributed by atoms with Crippen LogP contribution in [0.5, 0.6) is 0 Å². The number of nitrogens with zero attached hydrogens (tertiary/aromatic N) is 3. The van der Waals surface area contributed by atoms with Gasteiger partial charge in [-0.3, -0.25) is 9.79 Å². The second-order valence-corrected chi connectivity index (χ2v) is 10.1. The van der Waals surface area contributed by atoms with E-state index in [1.54, 1.807) is 20.8 Å². The van der Waals surface area contributed by atoms with E-state index in [1.807, 2.05) is 0 Å². The number of ether oxygens (including phenoxy) is 1. The van der Waals surface area contributed by atoms with Crippen LogP contribution in [0.1, 0.15) is 44.9 Å². The average molecular weight is 499 g/mol. The summed E-state index contributed by atoms with van der Waals surface area (Å²) in [5.74, 6) is -0.338. The first kappa shape index (κ1) is 24.1. The van der Waals surface area contributed by atoms with Gasteiger partial charge in [0.2, 0.25) is 0 Å². The van der Waals surface area contributed by atoms with Crippen molar-refractivity contribution in [1.29, 1.82) is 0 Å². The monoisotopic (exact) mass is 498 g/mol. The lowest BCUT2D eigenvalue weighted by Gasteiger charge is -2.36. The Morgan fingerprint density at radius 1 is 1.15 bits per heavy atom. The molecule has 34 heavy (non-hydrogen) atoms. The van der Waals surface area contributed by atoms with Gasteiger partial charge in [0.25, 0.3) is 5.91 Å². The van der Waals surface area contributed by atoms with E-state index in [9.17, 15) is 27.2 Å². The summed E-state index contributed by atoms with van der Waals surface area (Å²) in [4.78, 5) is 35.2. The van der Waals surface area contributed by atoms with Crippen LogP contribution in [0.25, 0.3) is 10.6 Å². The highest BCUT2D eigenvalue weighted by atomic mass is 32.1. The van der Waals surface area contributed by atoms with Gasteiger partial charge in [-0.2, -0.15) is 17.6 Å². The second-order valence-electron chi connectivity index (χ2n) is 9.11. The van der Waals surface area contributed by atoms with Gasteiger partial charge >= 0.3 is 12.3 Å². The summed E-state index contributed by atoms with van der Waals surface area (Å²) in [5.41, 5.74) is -2.91. The molecule has 0 atom stereocenters. The summed E-state index contributed by atoms with van der Waals surface area (Å²) < 4.78 is 58.8. The lowest BCUT2D eigenvalue weighted by Crippen LogP contribution is -2.51. The lowest BCUT2D eigenvalue weighted by atomic mass is 9.88. The fourth-order valence-electron chi connectivity index (χ4n) is 3.81. The van der Waals surface area contributed by atoms with E-state index < -0.39 is 40.1 Å². The van der Waals surface area contributed by atoms with E-state index in [0.717, 1.165) is 12.1 Å². The van der Waals surface area contributed by atoms with Gasteiger partial charge in [0, 0.05) is 18.7 Å². The van der Waals surface area contributed by atoms with Gasteiger partial charge in [-0.15, -0.1) is 11.3 Å². The molecule has 2 aliphatic rings. The van der Waals surface area contributed by atoms with Crippen molar-refractivity contribution in [2.75, 3.05) is 13.1 Å².